The van der Waals surface area contributed by atoms with E-state index in [1.165, 1.54) is 120 Å². The third-order valence-electron chi connectivity index (χ3n) is 25.5. The molecule has 2 unspecified atom stereocenters. The third kappa shape index (κ3) is 11.4. The summed E-state index contributed by atoms with van der Waals surface area (Å²) in [5.41, 5.74) is 25.0. The van der Waals surface area contributed by atoms with Crippen LogP contribution in [0.2, 0.25) is 0 Å². The zero-order valence-electron chi connectivity index (χ0n) is 67.0. The van der Waals surface area contributed by atoms with Gasteiger partial charge in [0.15, 0.2) is 11.2 Å². The van der Waals surface area contributed by atoms with Crippen molar-refractivity contribution in [2.45, 2.75) is 39.5 Å². The summed E-state index contributed by atoms with van der Waals surface area (Å²) in [5, 5.41) is 21.5. The molecule has 0 aliphatic heterocycles. The van der Waals surface area contributed by atoms with Gasteiger partial charge in [-0.05, 0) is 208 Å². The molecule has 0 amide bonds. The second-order valence-electron chi connectivity index (χ2n) is 32.9. The lowest BCUT2D eigenvalue weighted by molar-refractivity contribution is 0.551. The molecule has 0 spiro atoms. The largest absolute Gasteiger partial charge is 0.454 e. The standard InChI is InChI=1S/C66H48N2O2.C48H34N2/c1-39(2)53-37-59(67(55-27-13-19-41-17-5-7-21-43(41)55)57-29-15-25-49-45-23-9-11-31-61(45)69-65(49)57)51-36-34-48-54(40(3)4)38-60(52-35-33-47(53)63(51)64(48)52)68(56-28-14-20-42-18-6-8-22-44(42)56)58-30-16-26-50-46-24-10-12-32-62(46)70-66(50)58;1-3-15-39(16-4-1)49(41-25-19-33-11-7-9-13-37(33)31-41)45-29-23-35-22-28-44-46(30-24-36-21-27-43(45)47(35)48(36)44)50(40-17-5-2-6-18-40)42-26-20-34-12-8-10-14-38(34)32-42/h5-40H,1-4H3;1-32,47-48H. The lowest BCUT2D eigenvalue weighted by Crippen LogP contribution is -2.35. The number of furan rings is 2. The first kappa shape index (κ1) is 70.4. The van der Waals surface area contributed by atoms with E-state index in [1.54, 1.807) is 0 Å². The fourth-order valence-electron chi connectivity index (χ4n) is 20.0. The number of benzene rings is 18. The van der Waals surface area contributed by atoms with Gasteiger partial charge in [-0.2, -0.15) is 0 Å². The van der Waals surface area contributed by atoms with Crippen molar-refractivity contribution in [1.82, 2.24) is 0 Å². The molecule has 0 N–H and O–H groups in total. The molecule has 0 bridgehead atoms. The monoisotopic (exact) mass is 1540 g/mol. The van der Waals surface area contributed by atoms with Crippen molar-refractivity contribution >= 4 is 176 Å². The van der Waals surface area contributed by atoms with Crippen LogP contribution in [-0.4, -0.2) is 0 Å². The number of allylic oxidation sites excluding steroid dienone is 12. The molecule has 4 aliphatic carbocycles. The Kier molecular flexibility index (Phi) is 16.7. The molecule has 2 heterocycles. The minimum atomic E-state index is 0.204. The zero-order chi connectivity index (χ0) is 79.8. The second kappa shape index (κ2) is 28.4. The summed E-state index contributed by atoms with van der Waals surface area (Å²) < 4.78 is 13.8. The highest BCUT2D eigenvalue weighted by molar-refractivity contribution is 6.31. The molecule has 4 aliphatic rings. The number of fused-ring (bicyclic) bond motifs is 10. The van der Waals surface area contributed by atoms with Crippen LogP contribution >= 0.6 is 0 Å². The summed E-state index contributed by atoms with van der Waals surface area (Å²) >= 11 is 0. The summed E-state index contributed by atoms with van der Waals surface area (Å²) in [5.74, 6) is 0.856. The van der Waals surface area contributed by atoms with Gasteiger partial charge in [0.25, 0.3) is 0 Å². The van der Waals surface area contributed by atoms with Gasteiger partial charge in [0.1, 0.15) is 11.2 Å². The van der Waals surface area contributed by atoms with Crippen LogP contribution in [-0.2, 0) is 0 Å². The van der Waals surface area contributed by atoms with E-state index in [9.17, 15) is 0 Å². The zero-order valence-corrected chi connectivity index (χ0v) is 67.0. The van der Waals surface area contributed by atoms with Crippen LogP contribution in [0.4, 0.5) is 56.9 Å². The van der Waals surface area contributed by atoms with Gasteiger partial charge in [-0.25, -0.2) is 0 Å². The Morgan fingerprint density at radius 1 is 0.250 bits per heavy atom. The topological polar surface area (TPSA) is 39.2 Å². The first-order chi connectivity index (χ1) is 59.2. The van der Waals surface area contributed by atoms with Gasteiger partial charge in [-0.15, -0.1) is 0 Å². The van der Waals surface area contributed by atoms with Gasteiger partial charge in [-0.3, -0.25) is 0 Å². The fraction of sp³-hybridized carbons (Fsp3) is 0.0702. The Morgan fingerprint density at radius 2 is 0.650 bits per heavy atom. The van der Waals surface area contributed by atoms with Crippen LogP contribution in [0.25, 0.3) is 119 Å². The number of anilines is 10. The van der Waals surface area contributed by atoms with E-state index in [2.05, 4.69) is 448 Å². The van der Waals surface area contributed by atoms with E-state index in [0.29, 0.717) is 0 Å². The number of rotatable bonds is 14. The molecular weight excluding hydrogens is 1460 g/mol. The lowest BCUT2D eigenvalue weighted by atomic mass is 9.63. The predicted molar refractivity (Wildman–Crippen MR) is 507 cm³/mol. The highest BCUT2D eigenvalue weighted by Gasteiger charge is 2.43. The van der Waals surface area contributed by atoms with E-state index < -0.39 is 0 Å². The summed E-state index contributed by atoms with van der Waals surface area (Å²) in [4.78, 5) is 9.85. The average Bonchev–Trinajstić information content (AvgIpc) is 0.860. The number of hydrogen-bond acceptors (Lipinski definition) is 6. The SMILES string of the molecule is C1=CC2=C(N(c3ccccc3)c3ccc4ccccc4c3)C=CC3=CC=C4C(N(c5ccccc5)c5ccc6ccccc6c5)=CC=C1C4C32.CC(C)c1cc(N(c2cccc3ccccc23)c2cccc3c2oc2ccccc23)c2ccc3c(C(C)C)cc(N(c4cccc5ccccc45)c4cccc5c4oc4ccccc45)c4ccc1c2c34. The molecule has 0 saturated carbocycles. The molecule has 0 radical (unpaired) electrons. The average molecular weight is 1540 g/mol. The highest BCUT2D eigenvalue weighted by Crippen LogP contribution is 2.58. The first-order valence-corrected chi connectivity index (χ1v) is 42.0. The summed E-state index contributed by atoms with van der Waals surface area (Å²) in [6, 6.07) is 128. The van der Waals surface area contributed by atoms with Crippen LogP contribution in [0.5, 0.6) is 0 Å². The Labute approximate surface area is 696 Å². The molecule has 2 aromatic heterocycles. The van der Waals surface area contributed by atoms with E-state index >= 15 is 0 Å². The lowest BCUT2D eigenvalue weighted by Gasteiger charge is -2.45. The third-order valence-corrected chi connectivity index (χ3v) is 25.5. The van der Waals surface area contributed by atoms with Crippen molar-refractivity contribution in [3.8, 4) is 0 Å². The molecular formula is C114H82N4O2. The van der Waals surface area contributed by atoms with Gasteiger partial charge < -0.3 is 28.4 Å². The molecule has 20 aromatic rings. The van der Waals surface area contributed by atoms with Crippen LogP contribution in [0, 0.1) is 11.8 Å². The quantitative estimate of drug-likeness (QED) is 0.101. The van der Waals surface area contributed by atoms with Crippen molar-refractivity contribution in [1.29, 1.82) is 0 Å². The summed E-state index contributed by atoms with van der Waals surface area (Å²) in [7, 11) is 0. The molecule has 120 heavy (non-hydrogen) atoms. The van der Waals surface area contributed by atoms with Crippen molar-refractivity contribution in [2.24, 2.45) is 11.8 Å². The Hall–Kier alpha value is -15.0. The van der Waals surface area contributed by atoms with Crippen LogP contribution < -0.4 is 19.6 Å². The number of nitrogens with zero attached hydrogens (tertiary/aromatic N) is 4. The molecule has 2 atom stereocenters. The van der Waals surface area contributed by atoms with Crippen LogP contribution in [0.1, 0.15) is 50.7 Å². The van der Waals surface area contributed by atoms with Crippen LogP contribution in [0.15, 0.2) is 443 Å². The van der Waals surface area contributed by atoms with Crippen molar-refractivity contribution in [2.75, 3.05) is 19.6 Å². The molecule has 6 nitrogen and oxygen atoms in total. The minimum absolute atomic E-state index is 0.204. The predicted octanol–water partition coefficient (Wildman–Crippen LogP) is 32.2. The van der Waals surface area contributed by atoms with Gasteiger partial charge in [0.2, 0.25) is 0 Å². The summed E-state index contributed by atoms with van der Waals surface area (Å²) in [6.07, 6.45) is 18.8. The maximum atomic E-state index is 6.92. The highest BCUT2D eigenvalue weighted by atomic mass is 16.3. The van der Waals surface area contributed by atoms with Gasteiger partial charge in [-0.1, -0.05) is 319 Å². The minimum Gasteiger partial charge on any atom is -0.454 e. The fourth-order valence-corrected chi connectivity index (χ4v) is 20.0. The van der Waals surface area contributed by atoms with Crippen molar-refractivity contribution < 1.29 is 8.83 Å². The molecule has 570 valence electrons. The first-order valence-electron chi connectivity index (χ1n) is 42.0. The van der Waals surface area contributed by atoms with Crippen LogP contribution in [0.3, 0.4) is 0 Å². The van der Waals surface area contributed by atoms with Gasteiger partial charge >= 0.3 is 0 Å². The Morgan fingerprint density at radius 3 is 1.18 bits per heavy atom. The maximum absolute atomic E-state index is 6.92. The van der Waals surface area contributed by atoms with E-state index in [-0.39, 0.29) is 23.7 Å². The van der Waals surface area contributed by atoms with E-state index in [0.717, 1.165) is 101 Å². The molecule has 18 aromatic carbocycles. The van der Waals surface area contributed by atoms with Crippen molar-refractivity contribution in [3.63, 3.8) is 0 Å². The molecule has 0 fully saturated rings. The molecule has 24 rings (SSSR count). The van der Waals surface area contributed by atoms with E-state index in [1.807, 2.05) is 0 Å². The maximum Gasteiger partial charge on any atom is 0.159 e. The Balaban J connectivity index is 0.000000148. The van der Waals surface area contributed by atoms with Gasteiger partial charge in [0.05, 0.1) is 34.1 Å². The second-order valence-corrected chi connectivity index (χ2v) is 32.9. The molecule has 6 heteroatoms. The normalized spacial score (nSPS) is 14.9. The summed E-state index contributed by atoms with van der Waals surface area (Å²) in [6.45, 7) is 9.33. The van der Waals surface area contributed by atoms with E-state index in [4.69, 9.17) is 8.83 Å². The van der Waals surface area contributed by atoms with Crippen molar-refractivity contribution in [3.05, 3.63) is 445 Å². The number of para-hydroxylation sites is 6. The Bertz CT molecular complexity index is 7540. The molecule has 0 saturated heterocycles. The smallest absolute Gasteiger partial charge is 0.159 e. The van der Waals surface area contributed by atoms with Gasteiger partial charge in [0, 0.05) is 89.1 Å². The number of hydrogen-bond donors (Lipinski definition) is 0.